The van der Waals surface area contributed by atoms with Crippen molar-refractivity contribution in [2.24, 2.45) is 0 Å². The topological polar surface area (TPSA) is 79.7 Å². The maximum Gasteiger partial charge on any atom is 0.269 e. The first-order chi connectivity index (χ1) is 14.9. The molecule has 7 nitrogen and oxygen atoms in total. The molecule has 0 unspecified atom stereocenters. The van der Waals surface area contributed by atoms with Crippen molar-refractivity contribution < 1.29 is 22.6 Å². The van der Waals surface area contributed by atoms with Crippen LogP contribution in [0.4, 0.5) is 0 Å². The Balaban J connectivity index is 2.04. The van der Waals surface area contributed by atoms with Crippen molar-refractivity contribution in [3.63, 3.8) is 0 Å². The van der Waals surface area contributed by atoms with Gasteiger partial charge in [-0.2, -0.15) is 0 Å². The standard InChI is InChI=1S/C23H22N2O5S/c1-15-9-11-17(12-10-15)31(26,27)25-19-8-6-5-7-18(19)24-23(25)16-13-20(28-2)22(30-4)21(14-16)29-3/h5-14H,1-4H3. The third kappa shape index (κ3) is 3.48. The Morgan fingerprint density at radius 3 is 2.03 bits per heavy atom. The highest BCUT2D eigenvalue weighted by atomic mass is 32.2. The second-order valence-electron chi connectivity index (χ2n) is 6.92. The minimum atomic E-state index is -3.93. The van der Waals surface area contributed by atoms with E-state index in [1.165, 1.54) is 25.3 Å². The fourth-order valence-electron chi connectivity index (χ4n) is 3.45. The van der Waals surface area contributed by atoms with E-state index in [4.69, 9.17) is 14.2 Å². The van der Waals surface area contributed by atoms with E-state index in [0.29, 0.717) is 33.8 Å². The lowest BCUT2D eigenvalue weighted by molar-refractivity contribution is 0.324. The van der Waals surface area contributed by atoms with Crippen LogP contribution in [0, 0.1) is 6.92 Å². The number of imidazole rings is 1. The number of benzene rings is 3. The molecule has 0 spiro atoms. The van der Waals surface area contributed by atoms with Gasteiger partial charge in [0.25, 0.3) is 10.0 Å². The molecule has 0 aliphatic heterocycles. The van der Waals surface area contributed by atoms with Crippen LogP contribution < -0.4 is 14.2 Å². The van der Waals surface area contributed by atoms with Crippen molar-refractivity contribution in [1.82, 2.24) is 8.96 Å². The number of nitrogens with zero attached hydrogens (tertiary/aromatic N) is 2. The molecule has 31 heavy (non-hydrogen) atoms. The summed E-state index contributed by atoms with van der Waals surface area (Å²) in [5.74, 6) is 1.48. The van der Waals surface area contributed by atoms with Crippen molar-refractivity contribution in [2.75, 3.05) is 21.3 Å². The molecule has 4 rings (SSSR count). The molecule has 4 aromatic rings. The summed E-state index contributed by atoms with van der Waals surface area (Å²) >= 11 is 0. The van der Waals surface area contributed by atoms with Crippen LogP contribution in [-0.4, -0.2) is 38.7 Å². The summed E-state index contributed by atoms with van der Waals surface area (Å²) in [6.07, 6.45) is 0. The lowest BCUT2D eigenvalue weighted by atomic mass is 10.1. The molecule has 0 N–H and O–H groups in total. The highest BCUT2D eigenvalue weighted by molar-refractivity contribution is 7.90. The lowest BCUT2D eigenvalue weighted by Crippen LogP contribution is -2.14. The molecule has 0 aliphatic rings. The van der Waals surface area contributed by atoms with E-state index in [-0.39, 0.29) is 10.7 Å². The van der Waals surface area contributed by atoms with Crippen molar-refractivity contribution in [3.8, 4) is 28.6 Å². The van der Waals surface area contributed by atoms with Crippen LogP contribution in [0.5, 0.6) is 17.2 Å². The Hall–Kier alpha value is -3.52. The van der Waals surface area contributed by atoms with Crippen LogP contribution >= 0.6 is 0 Å². The fraction of sp³-hybridized carbons (Fsp3) is 0.174. The van der Waals surface area contributed by atoms with Crippen LogP contribution in [0.25, 0.3) is 22.4 Å². The molecule has 1 heterocycles. The van der Waals surface area contributed by atoms with Gasteiger partial charge in [0.1, 0.15) is 0 Å². The summed E-state index contributed by atoms with van der Waals surface area (Å²) < 4.78 is 44.9. The second kappa shape index (κ2) is 7.96. The zero-order valence-electron chi connectivity index (χ0n) is 17.6. The average Bonchev–Trinajstić information content (AvgIpc) is 3.18. The SMILES string of the molecule is COc1cc(-c2nc3ccccc3n2S(=O)(=O)c2ccc(C)cc2)cc(OC)c1OC. The predicted molar refractivity (Wildman–Crippen MR) is 119 cm³/mol. The van der Waals surface area contributed by atoms with Gasteiger partial charge in [-0.05, 0) is 43.3 Å². The average molecular weight is 439 g/mol. The number of aromatic nitrogens is 2. The number of methoxy groups -OCH3 is 3. The first-order valence-corrected chi connectivity index (χ1v) is 10.9. The van der Waals surface area contributed by atoms with Crippen molar-refractivity contribution in [3.05, 3.63) is 66.2 Å². The summed E-state index contributed by atoms with van der Waals surface area (Å²) in [5, 5.41) is 0. The Morgan fingerprint density at radius 2 is 1.45 bits per heavy atom. The van der Waals surface area contributed by atoms with Gasteiger partial charge >= 0.3 is 0 Å². The predicted octanol–water partition coefficient (Wildman–Crippen LogP) is 4.27. The van der Waals surface area contributed by atoms with Gasteiger partial charge in [0.15, 0.2) is 17.3 Å². The molecule has 0 radical (unpaired) electrons. The maximum absolute atomic E-state index is 13.7. The van der Waals surface area contributed by atoms with Gasteiger partial charge in [-0.15, -0.1) is 0 Å². The van der Waals surface area contributed by atoms with E-state index in [1.807, 2.05) is 13.0 Å². The molecule has 0 saturated carbocycles. The summed E-state index contributed by atoms with van der Waals surface area (Å²) in [5.41, 5.74) is 2.52. The van der Waals surface area contributed by atoms with E-state index in [0.717, 1.165) is 5.56 Å². The molecule has 0 saturated heterocycles. The van der Waals surface area contributed by atoms with Crippen LogP contribution in [0.3, 0.4) is 0 Å². The van der Waals surface area contributed by atoms with E-state index >= 15 is 0 Å². The first-order valence-electron chi connectivity index (χ1n) is 9.50. The molecule has 0 aliphatic carbocycles. The Morgan fingerprint density at radius 1 is 0.839 bits per heavy atom. The second-order valence-corrected chi connectivity index (χ2v) is 8.71. The van der Waals surface area contributed by atoms with Gasteiger partial charge < -0.3 is 14.2 Å². The molecule has 8 heteroatoms. The largest absolute Gasteiger partial charge is 0.493 e. The van der Waals surface area contributed by atoms with Crippen molar-refractivity contribution >= 4 is 21.1 Å². The number of para-hydroxylation sites is 2. The molecule has 0 fully saturated rings. The summed E-state index contributed by atoms with van der Waals surface area (Å²) in [6.45, 7) is 1.91. The Kier molecular flexibility index (Phi) is 5.32. The molecule has 0 atom stereocenters. The van der Waals surface area contributed by atoms with E-state index in [2.05, 4.69) is 4.98 Å². The quantitative estimate of drug-likeness (QED) is 0.447. The lowest BCUT2D eigenvalue weighted by Gasteiger charge is -2.15. The number of aryl methyl sites for hydroxylation is 1. The number of ether oxygens (including phenoxy) is 3. The van der Waals surface area contributed by atoms with Gasteiger partial charge in [0.05, 0.1) is 37.3 Å². The van der Waals surface area contributed by atoms with Crippen LogP contribution in [-0.2, 0) is 10.0 Å². The summed E-state index contributed by atoms with van der Waals surface area (Å²) in [6, 6.07) is 17.2. The molecular weight excluding hydrogens is 416 g/mol. The molecular formula is C23H22N2O5S. The summed E-state index contributed by atoms with van der Waals surface area (Å²) in [4.78, 5) is 4.81. The van der Waals surface area contributed by atoms with Crippen LogP contribution in [0.2, 0.25) is 0 Å². The first kappa shape index (κ1) is 20.7. The molecule has 3 aromatic carbocycles. The van der Waals surface area contributed by atoms with Gasteiger partial charge in [0, 0.05) is 5.56 Å². The van der Waals surface area contributed by atoms with E-state index < -0.39 is 10.0 Å². The number of hydrogen-bond acceptors (Lipinski definition) is 6. The normalized spacial score (nSPS) is 11.5. The monoisotopic (exact) mass is 438 g/mol. The fourth-order valence-corrected chi connectivity index (χ4v) is 4.93. The highest BCUT2D eigenvalue weighted by Gasteiger charge is 2.26. The minimum absolute atomic E-state index is 0.176. The zero-order valence-corrected chi connectivity index (χ0v) is 18.4. The number of fused-ring (bicyclic) bond motifs is 1. The zero-order chi connectivity index (χ0) is 22.2. The van der Waals surface area contributed by atoms with Gasteiger partial charge in [-0.1, -0.05) is 29.8 Å². The molecule has 1 aromatic heterocycles. The van der Waals surface area contributed by atoms with Crippen molar-refractivity contribution in [1.29, 1.82) is 0 Å². The Labute approximate surface area is 180 Å². The van der Waals surface area contributed by atoms with E-state index in [9.17, 15) is 8.42 Å². The van der Waals surface area contributed by atoms with Crippen LogP contribution in [0.15, 0.2) is 65.6 Å². The van der Waals surface area contributed by atoms with E-state index in [1.54, 1.807) is 54.6 Å². The number of hydrogen-bond donors (Lipinski definition) is 0. The number of rotatable bonds is 6. The van der Waals surface area contributed by atoms with Crippen molar-refractivity contribution in [2.45, 2.75) is 11.8 Å². The smallest absolute Gasteiger partial charge is 0.269 e. The summed E-state index contributed by atoms with van der Waals surface area (Å²) in [7, 11) is 0.594. The minimum Gasteiger partial charge on any atom is -0.493 e. The third-order valence-electron chi connectivity index (χ3n) is 5.00. The molecule has 160 valence electrons. The molecule has 0 bridgehead atoms. The third-order valence-corrected chi connectivity index (χ3v) is 6.72. The van der Waals surface area contributed by atoms with Crippen LogP contribution in [0.1, 0.15) is 5.56 Å². The van der Waals surface area contributed by atoms with Gasteiger partial charge in [-0.3, -0.25) is 0 Å². The van der Waals surface area contributed by atoms with Gasteiger partial charge in [0.2, 0.25) is 5.75 Å². The maximum atomic E-state index is 13.7. The highest BCUT2D eigenvalue weighted by Crippen LogP contribution is 2.42. The molecule has 0 amide bonds. The van der Waals surface area contributed by atoms with Gasteiger partial charge in [-0.25, -0.2) is 17.4 Å². The Bertz CT molecular complexity index is 1330.